The van der Waals surface area contributed by atoms with Crippen molar-refractivity contribution in [2.75, 3.05) is 0 Å². The largest absolute Gasteiger partial charge is 0.481 e. The highest BCUT2D eigenvalue weighted by Gasteiger charge is 2.38. The molecule has 2 N–H and O–H groups in total. The van der Waals surface area contributed by atoms with E-state index in [1.54, 1.807) is 0 Å². The van der Waals surface area contributed by atoms with E-state index in [4.69, 9.17) is 5.11 Å². The molecule has 0 radical (unpaired) electrons. The number of carbonyl (C=O) groups excluding carboxylic acids is 1. The fraction of sp³-hybridized carbons (Fsp3) is 0.882. The van der Waals surface area contributed by atoms with E-state index >= 15 is 0 Å². The lowest BCUT2D eigenvalue weighted by atomic mass is 9.86. The number of carboxylic acids is 1. The lowest BCUT2D eigenvalue weighted by molar-refractivity contribution is -0.142. The van der Waals surface area contributed by atoms with Crippen molar-refractivity contribution in [2.45, 2.75) is 83.8 Å². The highest BCUT2D eigenvalue weighted by molar-refractivity contribution is 5.76. The van der Waals surface area contributed by atoms with Gasteiger partial charge in [0.2, 0.25) is 0 Å². The number of hydrogen-bond acceptors (Lipinski definition) is 2. The quantitative estimate of drug-likeness (QED) is 0.791. The average molecular weight is 310 g/mol. The first kappa shape index (κ1) is 17.1. The number of amides is 2. The van der Waals surface area contributed by atoms with Crippen molar-refractivity contribution in [3.63, 3.8) is 0 Å². The van der Waals surface area contributed by atoms with Crippen LogP contribution in [0.25, 0.3) is 0 Å². The molecule has 2 aliphatic carbocycles. The highest BCUT2D eigenvalue weighted by atomic mass is 16.4. The van der Waals surface area contributed by atoms with Crippen LogP contribution in [0.15, 0.2) is 0 Å². The molecule has 2 unspecified atom stereocenters. The van der Waals surface area contributed by atoms with Gasteiger partial charge >= 0.3 is 12.0 Å². The van der Waals surface area contributed by atoms with Gasteiger partial charge < -0.3 is 15.3 Å². The molecule has 0 aromatic rings. The number of nitrogens with zero attached hydrogens (tertiary/aromatic N) is 1. The predicted octanol–water partition coefficient (Wildman–Crippen LogP) is 3.24. The van der Waals surface area contributed by atoms with Crippen LogP contribution in [-0.4, -0.2) is 40.1 Å². The van der Waals surface area contributed by atoms with Crippen molar-refractivity contribution >= 4 is 12.0 Å². The maximum absolute atomic E-state index is 12.7. The summed E-state index contributed by atoms with van der Waals surface area (Å²) in [5.74, 6) is -0.435. The fourth-order valence-corrected chi connectivity index (χ4v) is 3.39. The summed E-state index contributed by atoms with van der Waals surface area (Å²) in [5, 5.41) is 12.2. The van der Waals surface area contributed by atoms with Gasteiger partial charge in [-0.3, -0.25) is 4.79 Å². The van der Waals surface area contributed by atoms with Gasteiger partial charge in [-0.2, -0.15) is 0 Å². The molecule has 2 saturated carbocycles. The van der Waals surface area contributed by atoms with Crippen molar-refractivity contribution in [2.24, 2.45) is 11.8 Å². The number of aliphatic carboxylic acids is 1. The van der Waals surface area contributed by atoms with Gasteiger partial charge in [0, 0.05) is 18.1 Å². The second-order valence-electron chi connectivity index (χ2n) is 7.10. The third-order valence-corrected chi connectivity index (χ3v) is 5.49. The molecular weight excluding hydrogens is 280 g/mol. The van der Waals surface area contributed by atoms with Crippen LogP contribution in [0.4, 0.5) is 4.79 Å². The first-order chi connectivity index (χ1) is 10.4. The minimum Gasteiger partial charge on any atom is -0.481 e. The van der Waals surface area contributed by atoms with Gasteiger partial charge in [-0.1, -0.05) is 20.3 Å². The van der Waals surface area contributed by atoms with Crippen LogP contribution < -0.4 is 5.32 Å². The Kier molecular flexibility index (Phi) is 5.70. The van der Waals surface area contributed by atoms with Crippen LogP contribution in [0.3, 0.4) is 0 Å². The maximum Gasteiger partial charge on any atom is 0.318 e. The van der Waals surface area contributed by atoms with Crippen molar-refractivity contribution in [1.29, 1.82) is 0 Å². The third-order valence-electron chi connectivity index (χ3n) is 5.49. The molecule has 2 amide bonds. The molecule has 5 heteroatoms. The summed E-state index contributed by atoms with van der Waals surface area (Å²) in [5.41, 5.74) is 0. The molecule has 126 valence electrons. The molecule has 5 nitrogen and oxygen atoms in total. The normalized spacial score (nSPS) is 27.8. The highest BCUT2D eigenvalue weighted by Crippen LogP contribution is 2.32. The van der Waals surface area contributed by atoms with Gasteiger partial charge in [-0.25, -0.2) is 4.79 Å². The molecule has 0 aromatic heterocycles. The van der Waals surface area contributed by atoms with Crippen LogP contribution in [0.5, 0.6) is 0 Å². The fourth-order valence-electron chi connectivity index (χ4n) is 3.39. The van der Waals surface area contributed by atoms with Gasteiger partial charge in [-0.15, -0.1) is 0 Å². The van der Waals surface area contributed by atoms with Crippen LogP contribution >= 0.6 is 0 Å². The van der Waals surface area contributed by atoms with E-state index in [9.17, 15) is 9.59 Å². The lowest BCUT2D eigenvalue weighted by Crippen LogP contribution is -2.52. The molecule has 0 spiro atoms. The Labute approximate surface area is 133 Å². The second-order valence-corrected chi connectivity index (χ2v) is 7.10. The van der Waals surface area contributed by atoms with Gasteiger partial charge in [0.1, 0.15) is 0 Å². The zero-order valence-corrected chi connectivity index (χ0v) is 14.0. The van der Waals surface area contributed by atoms with Crippen LogP contribution in [0.2, 0.25) is 0 Å². The van der Waals surface area contributed by atoms with E-state index in [2.05, 4.69) is 26.1 Å². The third kappa shape index (κ3) is 4.14. The molecule has 0 saturated heterocycles. The minimum atomic E-state index is -0.699. The predicted molar refractivity (Wildman–Crippen MR) is 85.7 cm³/mol. The van der Waals surface area contributed by atoms with E-state index in [0.29, 0.717) is 24.8 Å². The number of carbonyl (C=O) groups is 2. The summed E-state index contributed by atoms with van der Waals surface area (Å²) in [7, 11) is 0. The maximum atomic E-state index is 12.7. The number of urea groups is 1. The van der Waals surface area contributed by atoms with Crippen molar-refractivity contribution < 1.29 is 14.7 Å². The van der Waals surface area contributed by atoms with Crippen molar-refractivity contribution in [3.05, 3.63) is 0 Å². The van der Waals surface area contributed by atoms with Gasteiger partial charge in [0.15, 0.2) is 0 Å². The summed E-state index contributed by atoms with van der Waals surface area (Å²) >= 11 is 0. The summed E-state index contributed by atoms with van der Waals surface area (Å²) in [4.78, 5) is 25.7. The van der Waals surface area contributed by atoms with E-state index < -0.39 is 5.97 Å². The molecule has 2 atom stereocenters. The zero-order chi connectivity index (χ0) is 16.3. The second kappa shape index (κ2) is 7.34. The molecule has 2 fully saturated rings. The van der Waals surface area contributed by atoms with Crippen molar-refractivity contribution in [3.8, 4) is 0 Å². The smallest absolute Gasteiger partial charge is 0.318 e. The SMILES string of the molecule is CCC(C)C(C)N(C(=O)NC1CCC(C(=O)O)CC1)C1CC1. The topological polar surface area (TPSA) is 69.6 Å². The number of rotatable bonds is 6. The summed E-state index contributed by atoms with van der Waals surface area (Å²) in [6, 6.07) is 0.842. The Balaban J connectivity index is 1.88. The minimum absolute atomic E-state index is 0.0501. The number of hydrogen-bond donors (Lipinski definition) is 2. The molecule has 0 bridgehead atoms. The first-order valence-corrected chi connectivity index (χ1v) is 8.75. The van der Waals surface area contributed by atoms with E-state index in [-0.39, 0.29) is 24.0 Å². The molecule has 0 aliphatic heterocycles. The van der Waals surface area contributed by atoms with E-state index in [0.717, 1.165) is 32.1 Å². The van der Waals surface area contributed by atoms with Gasteiger partial charge in [0.25, 0.3) is 0 Å². The summed E-state index contributed by atoms with van der Waals surface area (Å²) in [6.07, 6.45) is 6.19. The lowest BCUT2D eigenvalue weighted by Gasteiger charge is -2.35. The Morgan fingerprint density at radius 3 is 2.18 bits per heavy atom. The Hall–Kier alpha value is -1.26. The molecule has 2 aliphatic rings. The number of nitrogens with one attached hydrogen (secondary N) is 1. The Morgan fingerprint density at radius 2 is 1.73 bits per heavy atom. The summed E-state index contributed by atoms with van der Waals surface area (Å²) < 4.78 is 0. The van der Waals surface area contributed by atoms with Crippen LogP contribution in [-0.2, 0) is 4.79 Å². The monoisotopic (exact) mass is 310 g/mol. The van der Waals surface area contributed by atoms with Crippen LogP contribution in [0, 0.1) is 11.8 Å². The average Bonchev–Trinajstić information content (AvgIpc) is 3.31. The number of carboxylic acid groups (broad SMARTS) is 1. The standard InChI is InChI=1S/C17H30N2O3/c1-4-11(2)12(3)19(15-9-10-15)17(22)18-14-7-5-13(6-8-14)16(20)21/h11-15H,4-10H2,1-3H3,(H,18,22)(H,20,21). The van der Waals surface area contributed by atoms with Crippen molar-refractivity contribution in [1.82, 2.24) is 10.2 Å². The van der Waals surface area contributed by atoms with E-state index in [1.165, 1.54) is 0 Å². The molecule has 2 rings (SSSR count). The van der Waals surface area contributed by atoms with Gasteiger partial charge in [-0.05, 0) is 51.4 Å². The molecule has 0 aromatic carbocycles. The zero-order valence-electron chi connectivity index (χ0n) is 14.0. The molecule has 22 heavy (non-hydrogen) atoms. The van der Waals surface area contributed by atoms with Gasteiger partial charge in [0.05, 0.1) is 5.92 Å². The van der Waals surface area contributed by atoms with E-state index in [1.807, 2.05) is 4.90 Å². The first-order valence-electron chi connectivity index (χ1n) is 8.75. The molecule has 0 heterocycles. The summed E-state index contributed by atoms with van der Waals surface area (Å²) in [6.45, 7) is 6.51. The Bertz CT molecular complexity index is 401. The van der Waals surface area contributed by atoms with Crippen LogP contribution in [0.1, 0.15) is 65.7 Å². The Morgan fingerprint density at radius 1 is 1.14 bits per heavy atom. The molecular formula is C17H30N2O3.